The average Bonchev–Trinajstić information content (AvgIpc) is 2.81. The first kappa shape index (κ1) is 27.4. The fourth-order valence-corrected chi connectivity index (χ4v) is 6.92. The molecule has 0 radical (unpaired) electrons. The number of carbonyl (C=O) groups excluding carboxylic acids is 1. The number of rotatable bonds is 15. The highest BCUT2D eigenvalue weighted by Gasteiger charge is 2.32. The molecule has 2 nitrogen and oxygen atoms in total. The van der Waals surface area contributed by atoms with E-state index in [4.69, 9.17) is 0 Å². The van der Waals surface area contributed by atoms with E-state index in [0.29, 0.717) is 6.54 Å². The summed E-state index contributed by atoms with van der Waals surface area (Å²) in [5, 5.41) is 3.25. The van der Waals surface area contributed by atoms with Crippen molar-refractivity contribution in [1.29, 1.82) is 0 Å². The van der Waals surface area contributed by atoms with E-state index in [-0.39, 0.29) is 11.4 Å². The summed E-state index contributed by atoms with van der Waals surface area (Å²) in [7, 11) is -1.56. The normalized spacial score (nSPS) is 12.5. The van der Waals surface area contributed by atoms with E-state index in [9.17, 15) is 4.79 Å². The first-order valence-corrected chi connectivity index (χ1v) is 16.6. The summed E-state index contributed by atoms with van der Waals surface area (Å²) in [6.07, 6.45) is 11.7. The second kappa shape index (κ2) is 14.4. The Kier molecular flexibility index (Phi) is 11.9. The summed E-state index contributed by atoms with van der Waals surface area (Å²) < 4.78 is 0. The highest BCUT2D eigenvalue weighted by atomic mass is 28.3. The molecule has 1 N–H and O–H groups in total. The minimum Gasteiger partial charge on any atom is -0.356 e. The van der Waals surface area contributed by atoms with Gasteiger partial charge in [-0.15, -0.1) is 0 Å². The molecule has 2 aromatic carbocycles. The lowest BCUT2D eigenvalue weighted by atomic mass is 9.97. The van der Waals surface area contributed by atoms with Crippen molar-refractivity contribution >= 4 is 14.0 Å². The van der Waals surface area contributed by atoms with E-state index >= 15 is 0 Å². The molecule has 0 saturated carbocycles. The summed E-state index contributed by atoms with van der Waals surface area (Å²) in [5.41, 5.74) is 5.24. The first-order valence-electron chi connectivity index (χ1n) is 13.3. The molecule has 0 aliphatic rings. The van der Waals surface area contributed by atoms with Crippen molar-refractivity contribution in [2.45, 2.75) is 103 Å². The third kappa shape index (κ3) is 9.49. The van der Waals surface area contributed by atoms with Crippen molar-refractivity contribution in [2.24, 2.45) is 0 Å². The number of hydrogen-bond acceptors (Lipinski definition) is 1. The van der Waals surface area contributed by atoms with Crippen LogP contribution in [0, 0.1) is 6.92 Å². The maximum atomic E-state index is 12.9. The summed E-state index contributed by atoms with van der Waals surface area (Å²) in [4.78, 5) is 12.9. The van der Waals surface area contributed by atoms with Gasteiger partial charge in [0.05, 0.1) is 8.07 Å². The van der Waals surface area contributed by atoms with Crippen LogP contribution in [-0.4, -0.2) is 20.5 Å². The third-order valence-electron chi connectivity index (χ3n) is 7.31. The Bertz CT molecular complexity index is 827. The van der Waals surface area contributed by atoms with Crippen molar-refractivity contribution in [3.63, 3.8) is 0 Å². The van der Waals surface area contributed by atoms with Crippen LogP contribution < -0.4 is 5.32 Å². The minimum atomic E-state index is -1.56. The van der Waals surface area contributed by atoms with Crippen LogP contribution in [0.3, 0.4) is 0 Å². The molecule has 0 heterocycles. The fourth-order valence-electron chi connectivity index (χ4n) is 4.51. The van der Waals surface area contributed by atoms with Crippen molar-refractivity contribution in [3.8, 4) is 11.1 Å². The molecular formula is C30H47NOSi. The van der Waals surface area contributed by atoms with Gasteiger partial charge in [-0.3, -0.25) is 4.79 Å². The number of benzene rings is 2. The van der Waals surface area contributed by atoms with Crippen molar-refractivity contribution in [3.05, 3.63) is 59.7 Å². The van der Waals surface area contributed by atoms with E-state index in [2.05, 4.69) is 87.7 Å². The highest BCUT2D eigenvalue weighted by molar-refractivity contribution is 6.81. The Morgan fingerprint density at radius 3 is 2.15 bits per heavy atom. The molecule has 182 valence electrons. The zero-order valence-electron chi connectivity index (χ0n) is 21.9. The van der Waals surface area contributed by atoms with Crippen LogP contribution in [0.5, 0.6) is 0 Å². The van der Waals surface area contributed by atoms with Gasteiger partial charge >= 0.3 is 0 Å². The third-order valence-corrected chi connectivity index (χ3v) is 11.6. The second-order valence-corrected chi connectivity index (χ2v) is 15.8. The predicted molar refractivity (Wildman–Crippen MR) is 148 cm³/mol. The van der Waals surface area contributed by atoms with Gasteiger partial charge in [0.2, 0.25) is 5.91 Å². The van der Waals surface area contributed by atoms with Crippen molar-refractivity contribution in [1.82, 2.24) is 5.32 Å². The lowest BCUT2D eigenvalue weighted by Gasteiger charge is -2.29. The van der Waals surface area contributed by atoms with Gasteiger partial charge in [-0.1, -0.05) is 138 Å². The van der Waals surface area contributed by atoms with Gasteiger partial charge in [0, 0.05) is 12.1 Å². The Labute approximate surface area is 204 Å². The van der Waals surface area contributed by atoms with Crippen LogP contribution in [0.1, 0.15) is 76.3 Å². The number of unbranched alkanes of at least 4 members (excludes halogenated alkanes) is 7. The van der Waals surface area contributed by atoms with Crippen LogP contribution in [0.15, 0.2) is 48.5 Å². The molecule has 0 aliphatic heterocycles. The molecular weight excluding hydrogens is 418 g/mol. The van der Waals surface area contributed by atoms with Crippen LogP contribution in [0.25, 0.3) is 11.1 Å². The molecule has 0 fully saturated rings. The molecule has 0 aliphatic carbocycles. The standard InChI is InChI=1S/C30H47NOSi/c1-6-7-8-9-10-11-12-15-24-33(4,5)26(3)30(32)31-23-22-27-16-13-14-17-29(27)28-20-18-25(2)19-21-28/h13-14,16-21,26H,6-12,15,22-24H2,1-5H3,(H,31,32). The molecule has 3 heteroatoms. The van der Waals surface area contributed by atoms with Gasteiger partial charge in [-0.2, -0.15) is 0 Å². The second-order valence-electron chi connectivity index (χ2n) is 10.5. The number of amides is 1. The maximum absolute atomic E-state index is 12.9. The lowest BCUT2D eigenvalue weighted by molar-refractivity contribution is -0.120. The zero-order chi connectivity index (χ0) is 24.1. The van der Waals surface area contributed by atoms with Gasteiger partial charge in [0.25, 0.3) is 0 Å². The molecule has 0 spiro atoms. The maximum Gasteiger partial charge on any atom is 0.220 e. The Morgan fingerprint density at radius 1 is 0.879 bits per heavy atom. The smallest absolute Gasteiger partial charge is 0.220 e. The van der Waals surface area contributed by atoms with E-state index < -0.39 is 8.07 Å². The first-order chi connectivity index (χ1) is 15.8. The van der Waals surface area contributed by atoms with Gasteiger partial charge in [0.15, 0.2) is 0 Å². The number of hydrogen-bond donors (Lipinski definition) is 1. The van der Waals surface area contributed by atoms with Crippen molar-refractivity contribution < 1.29 is 4.79 Å². The average molecular weight is 466 g/mol. The monoisotopic (exact) mass is 465 g/mol. The summed E-state index contributed by atoms with van der Waals surface area (Å²) in [5.74, 6) is 0.249. The van der Waals surface area contributed by atoms with Gasteiger partial charge in [-0.05, 0) is 30.0 Å². The summed E-state index contributed by atoms with van der Waals surface area (Å²) in [6, 6.07) is 18.5. The molecule has 0 saturated heterocycles. The molecule has 1 amide bonds. The number of nitrogens with one attached hydrogen (secondary N) is 1. The van der Waals surface area contributed by atoms with E-state index in [1.165, 1.54) is 79.7 Å². The van der Waals surface area contributed by atoms with E-state index in [0.717, 1.165) is 6.42 Å². The topological polar surface area (TPSA) is 29.1 Å². The quantitative estimate of drug-likeness (QED) is 0.207. The number of carbonyl (C=O) groups is 1. The Morgan fingerprint density at radius 2 is 1.48 bits per heavy atom. The van der Waals surface area contributed by atoms with Gasteiger partial charge in [-0.25, -0.2) is 0 Å². The highest BCUT2D eigenvalue weighted by Crippen LogP contribution is 2.29. The predicted octanol–water partition coefficient (Wildman–Crippen LogP) is 8.56. The molecule has 2 rings (SSSR count). The summed E-state index contributed by atoms with van der Waals surface area (Å²) in [6.45, 7) is 12.0. The van der Waals surface area contributed by atoms with Crippen LogP contribution >= 0.6 is 0 Å². The molecule has 33 heavy (non-hydrogen) atoms. The fraction of sp³-hybridized carbons (Fsp3) is 0.567. The Balaban J connectivity index is 1.77. The van der Waals surface area contributed by atoms with Crippen LogP contribution in [0.4, 0.5) is 0 Å². The van der Waals surface area contributed by atoms with E-state index in [1.54, 1.807) is 0 Å². The largest absolute Gasteiger partial charge is 0.356 e. The molecule has 2 aromatic rings. The molecule has 1 unspecified atom stereocenters. The number of aryl methyl sites for hydroxylation is 1. The SMILES string of the molecule is CCCCCCCCCC[Si](C)(C)C(C)C(=O)NCCc1ccccc1-c1ccc(C)cc1. The zero-order valence-corrected chi connectivity index (χ0v) is 22.9. The van der Waals surface area contributed by atoms with Crippen LogP contribution in [0.2, 0.25) is 24.7 Å². The van der Waals surface area contributed by atoms with E-state index in [1.807, 2.05) is 0 Å². The van der Waals surface area contributed by atoms with Gasteiger partial charge in [0.1, 0.15) is 0 Å². The molecule has 0 bridgehead atoms. The van der Waals surface area contributed by atoms with Crippen LogP contribution in [-0.2, 0) is 11.2 Å². The molecule has 0 aromatic heterocycles. The summed E-state index contributed by atoms with van der Waals surface area (Å²) >= 11 is 0. The van der Waals surface area contributed by atoms with Gasteiger partial charge < -0.3 is 5.32 Å². The van der Waals surface area contributed by atoms with Crippen molar-refractivity contribution in [2.75, 3.05) is 6.54 Å². The molecule has 1 atom stereocenters. The Hall–Kier alpha value is -1.87. The lowest BCUT2D eigenvalue weighted by Crippen LogP contribution is -2.41. The minimum absolute atomic E-state index is 0.161.